The first kappa shape index (κ1) is 16.0. The van der Waals surface area contributed by atoms with Crippen LogP contribution in [0, 0.1) is 0 Å². The Morgan fingerprint density at radius 2 is 2.00 bits per heavy atom. The van der Waals surface area contributed by atoms with Crippen LogP contribution in [0.3, 0.4) is 0 Å². The fourth-order valence-electron chi connectivity index (χ4n) is 4.14. The van der Waals surface area contributed by atoms with Gasteiger partial charge in [-0.15, -0.1) is 0 Å². The Balaban J connectivity index is 2.30. The molecule has 0 bridgehead atoms. The van der Waals surface area contributed by atoms with Gasteiger partial charge in [-0.3, -0.25) is 4.79 Å². The smallest absolute Gasteiger partial charge is 0.232 e. The van der Waals surface area contributed by atoms with E-state index in [0.717, 1.165) is 36.8 Å². The van der Waals surface area contributed by atoms with Gasteiger partial charge in [0.15, 0.2) is 0 Å². The van der Waals surface area contributed by atoms with Gasteiger partial charge in [0.05, 0.1) is 5.41 Å². The molecule has 1 aromatic rings. The van der Waals surface area contributed by atoms with Crippen molar-refractivity contribution in [2.24, 2.45) is 5.73 Å². The number of rotatable bonds is 2. The van der Waals surface area contributed by atoms with E-state index in [-0.39, 0.29) is 11.3 Å². The van der Waals surface area contributed by atoms with Crippen LogP contribution in [0.2, 0.25) is 0 Å². The lowest BCUT2D eigenvalue weighted by Crippen LogP contribution is -2.41. The van der Waals surface area contributed by atoms with E-state index in [1.165, 1.54) is 22.3 Å². The van der Waals surface area contributed by atoms with E-state index in [1.807, 2.05) is 0 Å². The SMILES string of the molecule is C=C1CCCC1(C(N)=O)c1cc(C(C)(C)C)cc2c1CC(C)=C2. The predicted molar refractivity (Wildman–Crippen MR) is 96.4 cm³/mol. The summed E-state index contributed by atoms with van der Waals surface area (Å²) < 4.78 is 0. The molecule has 122 valence electrons. The molecule has 2 nitrogen and oxygen atoms in total. The van der Waals surface area contributed by atoms with Gasteiger partial charge in [0, 0.05) is 0 Å². The maximum absolute atomic E-state index is 12.5. The maximum atomic E-state index is 12.5. The first-order valence-corrected chi connectivity index (χ1v) is 8.49. The minimum absolute atomic E-state index is 0.0346. The molecule has 0 aromatic heterocycles. The third-order valence-corrected chi connectivity index (χ3v) is 5.52. The molecule has 0 aliphatic heterocycles. The number of benzene rings is 1. The van der Waals surface area contributed by atoms with Crippen LogP contribution in [-0.4, -0.2) is 5.91 Å². The van der Waals surface area contributed by atoms with E-state index in [9.17, 15) is 4.79 Å². The second kappa shape index (κ2) is 5.09. The zero-order valence-electron chi connectivity index (χ0n) is 14.8. The van der Waals surface area contributed by atoms with E-state index >= 15 is 0 Å². The molecule has 1 fully saturated rings. The van der Waals surface area contributed by atoms with E-state index in [0.29, 0.717) is 0 Å². The standard InChI is InChI=1S/C21H27NO/c1-13-9-15-11-16(20(3,4)5)12-18(17(15)10-13)21(19(22)23)8-6-7-14(21)2/h9,11-12H,2,6-8,10H2,1,3-5H3,(H2,22,23). The van der Waals surface area contributed by atoms with Crippen LogP contribution in [0.5, 0.6) is 0 Å². The third kappa shape index (κ3) is 2.36. The Kier molecular flexibility index (Phi) is 3.55. The van der Waals surface area contributed by atoms with Crippen molar-refractivity contribution < 1.29 is 4.79 Å². The summed E-state index contributed by atoms with van der Waals surface area (Å²) in [6, 6.07) is 4.51. The third-order valence-electron chi connectivity index (χ3n) is 5.52. The highest BCUT2D eigenvalue weighted by atomic mass is 16.1. The Morgan fingerprint density at radius 1 is 1.30 bits per heavy atom. The van der Waals surface area contributed by atoms with Crippen LogP contribution in [0.15, 0.2) is 29.9 Å². The van der Waals surface area contributed by atoms with Crippen molar-refractivity contribution in [1.29, 1.82) is 0 Å². The molecule has 0 radical (unpaired) electrons. The molecule has 1 atom stereocenters. The summed E-state index contributed by atoms with van der Waals surface area (Å²) in [5, 5.41) is 0. The number of hydrogen-bond donors (Lipinski definition) is 1. The van der Waals surface area contributed by atoms with Gasteiger partial charge in [0.2, 0.25) is 5.91 Å². The molecule has 2 N–H and O–H groups in total. The van der Waals surface area contributed by atoms with Crippen molar-refractivity contribution in [2.45, 2.75) is 64.2 Å². The quantitative estimate of drug-likeness (QED) is 0.808. The highest BCUT2D eigenvalue weighted by Crippen LogP contribution is 2.48. The molecule has 0 heterocycles. The number of hydrogen-bond acceptors (Lipinski definition) is 1. The second-order valence-electron chi connectivity index (χ2n) is 8.24. The molecule has 23 heavy (non-hydrogen) atoms. The van der Waals surface area contributed by atoms with E-state index in [4.69, 9.17) is 5.73 Å². The van der Waals surface area contributed by atoms with E-state index < -0.39 is 5.41 Å². The zero-order chi connectivity index (χ0) is 17.0. The molecular formula is C21H27NO. The summed E-state index contributed by atoms with van der Waals surface area (Å²) in [5.74, 6) is -0.238. The number of allylic oxidation sites excluding steroid dienone is 1. The first-order valence-electron chi connectivity index (χ1n) is 8.49. The van der Waals surface area contributed by atoms with Gasteiger partial charge in [-0.25, -0.2) is 0 Å². The van der Waals surface area contributed by atoms with Gasteiger partial charge >= 0.3 is 0 Å². The first-order chi connectivity index (χ1) is 10.7. The molecule has 1 saturated carbocycles. The Hall–Kier alpha value is -1.83. The summed E-state index contributed by atoms with van der Waals surface area (Å²) in [6.07, 6.45) is 5.84. The predicted octanol–water partition coefficient (Wildman–Crippen LogP) is 4.41. The molecular weight excluding hydrogens is 282 g/mol. The highest BCUT2D eigenvalue weighted by Gasteiger charge is 2.46. The molecule has 2 heteroatoms. The molecule has 1 unspecified atom stereocenters. The fraction of sp³-hybridized carbons (Fsp3) is 0.476. The van der Waals surface area contributed by atoms with Crippen molar-refractivity contribution in [2.75, 3.05) is 0 Å². The number of carbonyl (C=O) groups excluding carboxylic acids is 1. The average molecular weight is 309 g/mol. The molecule has 2 aliphatic carbocycles. The molecule has 2 aliphatic rings. The molecule has 1 amide bonds. The van der Waals surface area contributed by atoms with Crippen LogP contribution in [-0.2, 0) is 22.0 Å². The van der Waals surface area contributed by atoms with Gasteiger partial charge in [0.1, 0.15) is 0 Å². The lowest BCUT2D eigenvalue weighted by Gasteiger charge is -2.32. The lowest BCUT2D eigenvalue weighted by atomic mass is 9.70. The normalized spacial score (nSPS) is 23.8. The maximum Gasteiger partial charge on any atom is 0.232 e. The number of fused-ring (bicyclic) bond motifs is 1. The number of amides is 1. The largest absolute Gasteiger partial charge is 0.369 e. The molecule has 1 aromatic carbocycles. The minimum atomic E-state index is -0.677. The summed E-state index contributed by atoms with van der Waals surface area (Å²) in [6.45, 7) is 13.0. The van der Waals surface area contributed by atoms with Crippen LogP contribution < -0.4 is 5.73 Å². The van der Waals surface area contributed by atoms with Gasteiger partial charge in [-0.05, 0) is 60.3 Å². The summed E-state index contributed by atoms with van der Waals surface area (Å²) in [5.41, 5.74) is 12.5. The lowest BCUT2D eigenvalue weighted by molar-refractivity contribution is -0.122. The summed E-state index contributed by atoms with van der Waals surface area (Å²) >= 11 is 0. The fourth-order valence-corrected chi connectivity index (χ4v) is 4.14. The van der Waals surface area contributed by atoms with Crippen molar-refractivity contribution in [3.05, 3.63) is 52.1 Å². The molecule has 3 rings (SSSR count). The van der Waals surface area contributed by atoms with Gasteiger partial charge in [-0.1, -0.05) is 56.7 Å². The van der Waals surface area contributed by atoms with Gasteiger partial charge < -0.3 is 5.73 Å². The molecule has 0 saturated heterocycles. The summed E-state index contributed by atoms with van der Waals surface area (Å²) in [7, 11) is 0. The second-order valence-corrected chi connectivity index (χ2v) is 8.24. The van der Waals surface area contributed by atoms with E-state index in [2.05, 4.69) is 52.5 Å². The minimum Gasteiger partial charge on any atom is -0.369 e. The molecule has 0 spiro atoms. The number of primary amides is 1. The van der Waals surface area contributed by atoms with Crippen molar-refractivity contribution >= 4 is 12.0 Å². The van der Waals surface area contributed by atoms with Crippen LogP contribution in [0.25, 0.3) is 6.08 Å². The van der Waals surface area contributed by atoms with Crippen LogP contribution in [0.4, 0.5) is 0 Å². The Labute approximate surface area is 139 Å². The highest BCUT2D eigenvalue weighted by molar-refractivity contribution is 5.92. The topological polar surface area (TPSA) is 43.1 Å². The Morgan fingerprint density at radius 3 is 2.52 bits per heavy atom. The number of carbonyl (C=O) groups is 1. The van der Waals surface area contributed by atoms with Crippen molar-refractivity contribution in [1.82, 2.24) is 0 Å². The number of nitrogens with two attached hydrogens (primary N) is 1. The summed E-state index contributed by atoms with van der Waals surface area (Å²) in [4.78, 5) is 12.5. The van der Waals surface area contributed by atoms with Crippen LogP contribution >= 0.6 is 0 Å². The average Bonchev–Trinajstić information content (AvgIpc) is 2.99. The van der Waals surface area contributed by atoms with Crippen molar-refractivity contribution in [3.63, 3.8) is 0 Å². The van der Waals surface area contributed by atoms with Crippen molar-refractivity contribution in [3.8, 4) is 0 Å². The van der Waals surface area contributed by atoms with Gasteiger partial charge in [-0.2, -0.15) is 0 Å². The van der Waals surface area contributed by atoms with E-state index in [1.54, 1.807) is 0 Å². The van der Waals surface area contributed by atoms with Crippen LogP contribution in [0.1, 0.15) is 69.2 Å². The monoisotopic (exact) mass is 309 g/mol. The Bertz CT molecular complexity index is 733. The zero-order valence-corrected chi connectivity index (χ0v) is 14.8. The van der Waals surface area contributed by atoms with Gasteiger partial charge in [0.25, 0.3) is 0 Å².